The summed E-state index contributed by atoms with van der Waals surface area (Å²) >= 11 is 18.5. The zero-order chi connectivity index (χ0) is 32.0. The molecule has 1 fully saturated rings. The molecule has 2 amide bonds. The molecule has 1 unspecified atom stereocenters. The van der Waals surface area contributed by atoms with Gasteiger partial charge < -0.3 is 10.2 Å². The van der Waals surface area contributed by atoms with E-state index < -0.39 is 16.1 Å². The number of carbonyl (C=O) groups is 2. The predicted molar refractivity (Wildman–Crippen MR) is 178 cm³/mol. The molecule has 2 N–H and O–H groups in total. The Labute approximate surface area is 278 Å². The number of hydrogen-bond acceptors (Lipinski definition) is 4. The normalized spacial score (nSPS) is 13.7. The van der Waals surface area contributed by atoms with Crippen LogP contribution in [0.3, 0.4) is 0 Å². The van der Waals surface area contributed by atoms with Crippen LogP contribution in [0.15, 0.2) is 102 Å². The highest BCUT2D eigenvalue weighted by Crippen LogP contribution is 2.27. The maximum atomic E-state index is 14.0. The number of hydrogen-bond donors (Lipinski definition) is 2. The lowest BCUT2D eigenvalue weighted by molar-refractivity contribution is -0.141. The molecule has 5 rings (SSSR count). The number of nitrogens with one attached hydrogen (secondary N) is 2. The second-order valence-corrected chi connectivity index (χ2v) is 13.9. The van der Waals surface area contributed by atoms with E-state index in [2.05, 4.69) is 10.0 Å². The summed E-state index contributed by atoms with van der Waals surface area (Å²) in [6.07, 6.45) is 2.15. The zero-order valence-electron chi connectivity index (χ0n) is 24.3. The average molecular weight is 685 g/mol. The molecule has 0 aliphatic heterocycles. The van der Waals surface area contributed by atoms with Crippen LogP contribution in [0.4, 0.5) is 0 Å². The van der Waals surface area contributed by atoms with Crippen LogP contribution in [0, 0.1) is 0 Å². The first-order valence-corrected chi connectivity index (χ1v) is 17.1. The average Bonchev–Trinajstić information content (AvgIpc) is 3.84. The first kappa shape index (κ1) is 33.0. The largest absolute Gasteiger partial charge is 0.350 e. The van der Waals surface area contributed by atoms with Crippen LogP contribution >= 0.6 is 34.8 Å². The quantitative estimate of drug-likeness (QED) is 0.157. The van der Waals surface area contributed by atoms with Gasteiger partial charge >= 0.3 is 0 Å². The van der Waals surface area contributed by atoms with Gasteiger partial charge in [-0.15, -0.1) is 0 Å². The third-order valence-electron chi connectivity index (χ3n) is 7.49. The maximum absolute atomic E-state index is 14.0. The number of amides is 2. The SMILES string of the molecule is O=C(NCc1ccc(Cl)cc1Cl)C(c1ccccc1)N(Cc1ccc(Cl)cc1)C(=O)CCc1ccc(S(=O)(=O)NC2CC2)cc1. The Hall–Kier alpha value is -3.40. The number of aryl methyl sites for hydroxylation is 1. The smallest absolute Gasteiger partial charge is 0.247 e. The van der Waals surface area contributed by atoms with Gasteiger partial charge in [-0.2, -0.15) is 0 Å². The van der Waals surface area contributed by atoms with Crippen LogP contribution in [-0.2, 0) is 39.1 Å². The number of carbonyl (C=O) groups excluding carboxylic acids is 2. The van der Waals surface area contributed by atoms with E-state index >= 15 is 0 Å². The van der Waals surface area contributed by atoms with Crippen molar-refractivity contribution in [3.63, 3.8) is 0 Å². The minimum Gasteiger partial charge on any atom is -0.350 e. The standard InChI is InChI=1S/C34H32Cl3N3O4S/c35-27-12-6-24(7-13-27)22-40(32(41)19-10-23-8-17-30(18-9-23)45(43,44)39-29-15-16-29)33(25-4-2-1-3-5-25)34(42)38-21-26-11-14-28(36)20-31(26)37/h1-9,11-14,17-18,20,29,33,39H,10,15-16,19,21-22H2,(H,38,42). The summed E-state index contributed by atoms with van der Waals surface area (Å²) in [5.41, 5.74) is 2.95. The third kappa shape index (κ3) is 9.08. The first-order chi connectivity index (χ1) is 21.6. The lowest BCUT2D eigenvalue weighted by atomic mass is 10.0. The molecule has 4 aromatic carbocycles. The fourth-order valence-corrected chi connectivity index (χ4v) is 6.79. The van der Waals surface area contributed by atoms with E-state index in [1.54, 1.807) is 59.5 Å². The van der Waals surface area contributed by atoms with Gasteiger partial charge in [-0.25, -0.2) is 13.1 Å². The predicted octanol–water partition coefficient (Wildman–Crippen LogP) is 7.11. The Balaban J connectivity index is 1.38. The van der Waals surface area contributed by atoms with Crippen LogP contribution in [0.2, 0.25) is 15.1 Å². The zero-order valence-corrected chi connectivity index (χ0v) is 27.3. The van der Waals surface area contributed by atoms with Gasteiger partial charge in [0.2, 0.25) is 21.8 Å². The van der Waals surface area contributed by atoms with E-state index in [-0.39, 0.29) is 42.3 Å². The van der Waals surface area contributed by atoms with Crippen LogP contribution in [0.1, 0.15) is 47.6 Å². The lowest BCUT2D eigenvalue weighted by Gasteiger charge is -2.32. The molecule has 1 atom stereocenters. The Kier molecular flexibility index (Phi) is 10.8. The molecule has 1 aliphatic carbocycles. The summed E-state index contributed by atoms with van der Waals surface area (Å²) in [6, 6.07) is 26.9. The minimum absolute atomic E-state index is 0.0110. The van der Waals surface area contributed by atoms with E-state index in [0.29, 0.717) is 32.6 Å². The number of sulfonamides is 1. The monoisotopic (exact) mass is 683 g/mol. The van der Waals surface area contributed by atoms with E-state index in [4.69, 9.17) is 34.8 Å². The lowest BCUT2D eigenvalue weighted by Crippen LogP contribution is -2.43. The summed E-state index contributed by atoms with van der Waals surface area (Å²) in [5.74, 6) is -0.613. The van der Waals surface area contributed by atoms with Crippen LogP contribution in [-0.4, -0.2) is 31.2 Å². The molecule has 0 bridgehead atoms. The fourth-order valence-electron chi connectivity index (χ4n) is 4.88. The molecule has 11 heteroatoms. The topological polar surface area (TPSA) is 95.6 Å². The molecule has 0 saturated heterocycles. The molecule has 45 heavy (non-hydrogen) atoms. The fraction of sp³-hybridized carbons (Fsp3) is 0.235. The van der Waals surface area contributed by atoms with Crippen molar-refractivity contribution in [3.05, 3.63) is 134 Å². The van der Waals surface area contributed by atoms with E-state index in [9.17, 15) is 18.0 Å². The molecule has 4 aromatic rings. The van der Waals surface area contributed by atoms with Gasteiger partial charge in [-0.05, 0) is 77.9 Å². The molecule has 1 aliphatic rings. The summed E-state index contributed by atoms with van der Waals surface area (Å²) in [6.45, 7) is 0.306. The van der Waals surface area contributed by atoms with Gasteiger partial charge in [-0.1, -0.05) is 95.5 Å². The molecular formula is C34H32Cl3N3O4S. The number of nitrogens with zero attached hydrogens (tertiary/aromatic N) is 1. The molecule has 1 saturated carbocycles. The number of halogens is 3. The van der Waals surface area contributed by atoms with Crippen molar-refractivity contribution in [1.29, 1.82) is 0 Å². The number of benzene rings is 4. The Morgan fingerprint density at radius 2 is 1.47 bits per heavy atom. The van der Waals surface area contributed by atoms with Gasteiger partial charge in [-0.3, -0.25) is 9.59 Å². The van der Waals surface area contributed by atoms with Crippen LogP contribution in [0.25, 0.3) is 0 Å². The van der Waals surface area contributed by atoms with E-state index in [1.165, 1.54) is 0 Å². The molecule has 7 nitrogen and oxygen atoms in total. The van der Waals surface area contributed by atoms with Crippen molar-refractivity contribution in [2.45, 2.75) is 55.8 Å². The molecule has 0 radical (unpaired) electrons. The van der Waals surface area contributed by atoms with Crippen molar-refractivity contribution < 1.29 is 18.0 Å². The molecule has 0 heterocycles. The summed E-state index contributed by atoms with van der Waals surface area (Å²) in [5, 5.41) is 4.43. The molecule has 0 spiro atoms. The maximum Gasteiger partial charge on any atom is 0.247 e. The van der Waals surface area contributed by atoms with Crippen molar-refractivity contribution >= 4 is 56.6 Å². The van der Waals surface area contributed by atoms with Crippen molar-refractivity contribution in [2.24, 2.45) is 0 Å². The Morgan fingerprint density at radius 3 is 2.11 bits per heavy atom. The highest BCUT2D eigenvalue weighted by molar-refractivity contribution is 7.89. The second-order valence-electron chi connectivity index (χ2n) is 11.0. The Morgan fingerprint density at radius 1 is 0.822 bits per heavy atom. The molecule has 0 aromatic heterocycles. The highest BCUT2D eigenvalue weighted by atomic mass is 35.5. The van der Waals surface area contributed by atoms with Gasteiger partial charge in [0.05, 0.1) is 4.90 Å². The van der Waals surface area contributed by atoms with Crippen LogP contribution in [0.5, 0.6) is 0 Å². The van der Waals surface area contributed by atoms with Gasteiger partial charge in [0, 0.05) is 40.6 Å². The minimum atomic E-state index is -3.57. The highest BCUT2D eigenvalue weighted by Gasteiger charge is 2.32. The van der Waals surface area contributed by atoms with Gasteiger partial charge in [0.15, 0.2) is 0 Å². The summed E-state index contributed by atoms with van der Waals surface area (Å²) in [7, 11) is -3.57. The van der Waals surface area contributed by atoms with Crippen molar-refractivity contribution in [1.82, 2.24) is 14.9 Å². The van der Waals surface area contributed by atoms with Crippen molar-refractivity contribution in [2.75, 3.05) is 0 Å². The summed E-state index contributed by atoms with van der Waals surface area (Å²) in [4.78, 5) is 29.7. The van der Waals surface area contributed by atoms with Gasteiger partial charge in [0.25, 0.3) is 0 Å². The summed E-state index contributed by atoms with van der Waals surface area (Å²) < 4.78 is 27.8. The Bertz CT molecular complexity index is 1750. The number of rotatable bonds is 13. The van der Waals surface area contributed by atoms with Gasteiger partial charge in [0.1, 0.15) is 6.04 Å². The van der Waals surface area contributed by atoms with Crippen LogP contribution < -0.4 is 10.0 Å². The third-order valence-corrected chi connectivity index (χ3v) is 9.87. The van der Waals surface area contributed by atoms with E-state index in [0.717, 1.165) is 24.0 Å². The first-order valence-electron chi connectivity index (χ1n) is 14.5. The van der Waals surface area contributed by atoms with E-state index in [1.807, 2.05) is 42.5 Å². The molecular weight excluding hydrogens is 653 g/mol. The molecule has 234 valence electrons. The second kappa shape index (κ2) is 14.8. The van der Waals surface area contributed by atoms with Crippen molar-refractivity contribution in [3.8, 4) is 0 Å².